The zero-order chi connectivity index (χ0) is 26.9. The molecule has 5 heterocycles. The molecule has 0 radical (unpaired) electrons. The molecule has 9 heteroatoms. The van der Waals surface area contributed by atoms with Crippen LogP contribution in [0.2, 0.25) is 0 Å². The van der Waals surface area contributed by atoms with Crippen LogP contribution in [0, 0.1) is 5.92 Å². The number of hydrogen-bond acceptors (Lipinski definition) is 7. The van der Waals surface area contributed by atoms with Gasteiger partial charge >= 0.3 is 5.97 Å². The fourth-order valence-corrected chi connectivity index (χ4v) is 7.21. The van der Waals surface area contributed by atoms with Crippen LogP contribution < -0.4 is 17.7 Å². The highest BCUT2D eigenvalue weighted by molar-refractivity contribution is 7.22. The number of piperidine rings is 3. The molecule has 210 valence electrons. The number of nitrogens with one attached hydrogen (secondary N) is 1. The summed E-state index contributed by atoms with van der Waals surface area (Å²) in [7, 11) is 0. The summed E-state index contributed by atoms with van der Waals surface area (Å²) in [5.41, 5.74) is 1.78. The number of anilines is 1. The topological polar surface area (TPSA) is 77.2 Å². The Hall–Kier alpha value is -3.72. The predicted octanol–water partition coefficient (Wildman–Crippen LogP) is 3.46. The zero-order valence-corrected chi connectivity index (χ0v) is 24.1. The van der Waals surface area contributed by atoms with Crippen molar-refractivity contribution in [3.63, 3.8) is 0 Å². The second-order valence-electron chi connectivity index (χ2n) is 11.0. The Morgan fingerprint density at radius 2 is 1.71 bits per heavy atom. The number of aromatic nitrogens is 2. The first-order chi connectivity index (χ1) is 19.6. The molecular formula is C32H31ClN4O3S. The second kappa shape index (κ2) is 11.6. The lowest BCUT2D eigenvalue weighted by atomic mass is 9.83. The minimum atomic E-state index is -0.575. The highest BCUT2D eigenvalue weighted by Crippen LogP contribution is 2.38. The van der Waals surface area contributed by atoms with Crippen LogP contribution in [0.5, 0.6) is 0 Å². The van der Waals surface area contributed by atoms with Crippen molar-refractivity contribution in [1.82, 2.24) is 10.1 Å². The molecule has 3 aromatic carbocycles. The number of rotatable bonds is 8. The summed E-state index contributed by atoms with van der Waals surface area (Å²) in [6, 6.07) is 29.4. The van der Waals surface area contributed by atoms with Crippen LogP contribution in [0.1, 0.15) is 30.3 Å². The van der Waals surface area contributed by atoms with Crippen molar-refractivity contribution in [2.75, 3.05) is 25.0 Å². The van der Waals surface area contributed by atoms with E-state index < -0.39 is 6.04 Å². The summed E-state index contributed by atoms with van der Waals surface area (Å²) < 4.78 is 14.0. The summed E-state index contributed by atoms with van der Waals surface area (Å²) in [6.07, 6.45) is 1.93. The molecule has 0 spiro atoms. The summed E-state index contributed by atoms with van der Waals surface area (Å²) in [6.45, 7) is 3.53. The molecule has 0 amide bonds. The van der Waals surface area contributed by atoms with E-state index in [0.29, 0.717) is 24.2 Å². The maximum absolute atomic E-state index is 13.7. The van der Waals surface area contributed by atoms with Gasteiger partial charge in [-0.2, -0.15) is 4.98 Å². The SMILES string of the molecule is O=C(O[C@H]1C[N+]2(Cc3noc(-c4cc5ccccc5s4)n3)CCC1CC2)[C@H](Nc1ccccc1)c1ccccc1.[Cl-]. The van der Waals surface area contributed by atoms with Gasteiger partial charge in [0.15, 0.2) is 12.1 Å². The molecule has 1 N–H and O–H groups in total. The third kappa shape index (κ3) is 5.73. The average Bonchev–Trinajstić information content (AvgIpc) is 3.64. The first-order valence-corrected chi connectivity index (χ1v) is 14.7. The Balaban J connectivity index is 0.00000302. The van der Waals surface area contributed by atoms with Gasteiger partial charge in [0.1, 0.15) is 13.1 Å². The van der Waals surface area contributed by atoms with E-state index in [1.807, 2.05) is 72.8 Å². The second-order valence-corrected chi connectivity index (χ2v) is 12.0. The molecule has 2 bridgehead atoms. The Morgan fingerprint density at radius 3 is 2.46 bits per heavy atom. The smallest absolute Gasteiger partial charge is 0.333 e. The Bertz CT molecular complexity index is 1580. The minimum Gasteiger partial charge on any atom is -1.00 e. The number of esters is 1. The first kappa shape index (κ1) is 27.4. The van der Waals surface area contributed by atoms with Gasteiger partial charge in [0.05, 0.1) is 18.0 Å². The van der Waals surface area contributed by atoms with E-state index in [0.717, 1.165) is 53.1 Å². The largest absolute Gasteiger partial charge is 1.00 e. The summed E-state index contributed by atoms with van der Waals surface area (Å²) in [5, 5.41) is 8.93. The van der Waals surface area contributed by atoms with Gasteiger partial charge in [-0.3, -0.25) is 0 Å². The number of carbonyl (C=O) groups is 1. The number of thiophene rings is 1. The maximum atomic E-state index is 13.7. The van der Waals surface area contributed by atoms with Crippen LogP contribution >= 0.6 is 11.3 Å². The van der Waals surface area contributed by atoms with Crippen molar-refractivity contribution < 1.29 is 30.9 Å². The number of ether oxygens (including phenoxy) is 1. The van der Waals surface area contributed by atoms with Crippen LogP contribution in [-0.4, -0.2) is 46.3 Å². The zero-order valence-electron chi connectivity index (χ0n) is 22.5. The van der Waals surface area contributed by atoms with E-state index in [4.69, 9.17) is 14.2 Å². The van der Waals surface area contributed by atoms with Crippen molar-refractivity contribution in [2.45, 2.75) is 31.5 Å². The minimum absolute atomic E-state index is 0. The van der Waals surface area contributed by atoms with E-state index in [1.54, 1.807) is 11.3 Å². The Kier molecular flexibility index (Phi) is 7.79. The van der Waals surface area contributed by atoms with Gasteiger partial charge in [0.25, 0.3) is 5.89 Å². The molecule has 3 fully saturated rings. The highest BCUT2D eigenvalue weighted by atomic mass is 35.5. The molecule has 41 heavy (non-hydrogen) atoms. The average molecular weight is 587 g/mol. The van der Waals surface area contributed by atoms with E-state index in [9.17, 15) is 4.79 Å². The van der Waals surface area contributed by atoms with Gasteiger partial charge < -0.3 is 31.5 Å². The van der Waals surface area contributed by atoms with Crippen molar-refractivity contribution in [1.29, 1.82) is 0 Å². The standard InChI is InChI=1S/C32H31N4O3S.ClH/c37-32(30(23-9-3-1-4-10-23)33-25-12-5-2-6-13-25)38-26-20-36(17-15-22(26)16-18-36)21-29-34-31(39-35-29)28-19-24-11-7-8-14-27(24)40-28;/h1-14,19,22,26,30,33H,15-18,20-21H2;1H/q+1;/p-1/t22?,26-,30+,36?;/m0./s1. The predicted molar refractivity (Wildman–Crippen MR) is 156 cm³/mol. The number of quaternary nitrogens is 1. The lowest BCUT2D eigenvalue weighted by Crippen LogP contribution is -3.00. The molecule has 2 atom stereocenters. The molecule has 3 saturated heterocycles. The first-order valence-electron chi connectivity index (χ1n) is 13.9. The number of benzene rings is 3. The molecule has 2 aromatic heterocycles. The fourth-order valence-electron chi connectivity index (χ4n) is 6.22. The third-order valence-electron chi connectivity index (χ3n) is 8.34. The number of carbonyl (C=O) groups excluding carboxylic acids is 1. The number of hydrogen-bond donors (Lipinski definition) is 1. The highest BCUT2D eigenvalue weighted by Gasteiger charge is 2.48. The van der Waals surface area contributed by atoms with Gasteiger partial charge in [-0.15, -0.1) is 11.3 Å². The third-order valence-corrected chi connectivity index (χ3v) is 9.45. The summed E-state index contributed by atoms with van der Waals surface area (Å²) >= 11 is 1.67. The Morgan fingerprint density at radius 1 is 1.00 bits per heavy atom. The van der Waals surface area contributed by atoms with Crippen LogP contribution in [-0.2, 0) is 16.1 Å². The van der Waals surface area contributed by atoms with E-state index in [-0.39, 0.29) is 24.5 Å². The molecule has 8 rings (SSSR count). The van der Waals surface area contributed by atoms with Crippen molar-refractivity contribution in [3.8, 4) is 10.8 Å². The molecule has 0 saturated carbocycles. The lowest BCUT2D eigenvalue weighted by molar-refractivity contribution is -0.958. The van der Waals surface area contributed by atoms with Crippen molar-refractivity contribution in [3.05, 3.63) is 102 Å². The molecule has 5 aromatic rings. The number of nitrogens with zero attached hydrogens (tertiary/aromatic N) is 3. The van der Waals surface area contributed by atoms with Crippen LogP contribution in [0.4, 0.5) is 5.69 Å². The fraction of sp³-hybridized carbons (Fsp3) is 0.281. The van der Waals surface area contributed by atoms with Crippen molar-refractivity contribution in [2.24, 2.45) is 5.92 Å². The van der Waals surface area contributed by atoms with Crippen LogP contribution in [0.15, 0.2) is 95.5 Å². The molecule has 7 nitrogen and oxygen atoms in total. The normalized spacial score (nSPS) is 22.1. The van der Waals surface area contributed by atoms with Crippen LogP contribution in [0.25, 0.3) is 20.9 Å². The summed E-state index contributed by atoms with van der Waals surface area (Å²) in [4.78, 5) is 19.4. The molecule has 0 aliphatic carbocycles. The lowest BCUT2D eigenvalue weighted by Gasteiger charge is -2.51. The van der Waals surface area contributed by atoms with Gasteiger partial charge in [-0.05, 0) is 35.2 Å². The molecule has 3 aliphatic rings. The maximum Gasteiger partial charge on any atom is 0.333 e. The van der Waals surface area contributed by atoms with Gasteiger partial charge in [-0.25, -0.2) is 4.79 Å². The van der Waals surface area contributed by atoms with E-state index >= 15 is 0 Å². The van der Waals surface area contributed by atoms with E-state index in [1.165, 1.54) is 10.1 Å². The molecular weight excluding hydrogens is 556 g/mol. The van der Waals surface area contributed by atoms with Crippen molar-refractivity contribution >= 4 is 33.1 Å². The van der Waals surface area contributed by atoms with E-state index in [2.05, 4.69) is 28.7 Å². The number of halogens is 1. The number of para-hydroxylation sites is 1. The monoisotopic (exact) mass is 586 g/mol. The molecule has 0 unspecified atom stereocenters. The Labute approximate surface area is 249 Å². The van der Waals surface area contributed by atoms with Crippen LogP contribution in [0.3, 0.4) is 0 Å². The summed E-state index contributed by atoms with van der Waals surface area (Å²) in [5.74, 6) is 1.43. The van der Waals surface area contributed by atoms with Gasteiger partial charge in [0.2, 0.25) is 5.82 Å². The quantitative estimate of drug-likeness (QED) is 0.222. The van der Waals surface area contributed by atoms with Gasteiger partial charge in [-0.1, -0.05) is 71.9 Å². The number of fused-ring (bicyclic) bond motifs is 4. The molecule has 3 aliphatic heterocycles. The van der Waals surface area contributed by atoms with Gasteiger partial charge in [0, 0.05) is 29.1 Å².